The lowest BCUT2D eigenvalue weighted by molar-refractivity contribution is -0.156. The molecule has 2 amide bonds. The van der Waals surface area contributed by atoms with Gasteiger partial charge in [0.1, 0.15) is 0 Å². The van der Waals surface area contributed by atoms with Crippen LogP contribution in [-0.4, -0.2) is 101 Å². The number of benzene rings is 1. The topological polar surface area (TPSA) is 96.4 Å². The summed E-state index contributed by atoms with van der Waals surface area (Å²) in [4.78, 5) is 33.3. The molecule has 3 N–H and O–H groups in total. The van der Waals surface area contributed by atoms with Gasteiger partial charge in [-0.1, -0.05) is 89.3 Å². The zero-order valence-electron chi connectivity index (χ0n) is 26.4. The minimum atomic E-state index is -1.03. The van der Waals surface area contributed by atoms with Crippen molar-refractivity contribution in [1.29, 1.82) is 0 Å². The zero-order chi connectivity index (χ0) is 30.6. The largest absolute Gasteiger partial charge is 0.394 e. The molecule has 1 aliphatic carbocycles. The van der Waals surface area contributed by atoms with Crippen LogP contribution in [0.25, 0.3) is 5.57 Å². The van der Waals surface area contributed by atoms with E-state index in [1.165, 1.54) is 32.1 Å². The van der Waals surface area contributed by atoms with E-state index in [2.05, 4.69) is 37.1 Å². The van der Waals surface area contributed by atoms with E-state index in [0.717, 1.165) is 17.6 Å². The minimum absolute atomic E-state index is 0.0120. The molecule has 5 rings (SSSR count). The second-order valence-corrected chi connectivity index (χ2v) is 14.1. The molecule has 3 aliphatic heterocycles. The maximum absolute atomic E-state index is 14.0. The number of piperidine rings is 1. The Balaban J connectivity index is 1.31. The van der Waals surface area contributed by atoms with Gasteiger partial charge in [0.05, 0.1) is 23.8 Å². The Labute approximate surface area is 257 Å². The smallest absolute Gasteiger partial charge is 0.256 e. The van der Waals surface area contributed by atoms with Crippen LogP contribution >= 0.6 is 0 Å². The maximum atomic E-state index is 14.0. The average molecular weight is 593 g/mol. The summed E-state index contributed by atoms with van der Waals surface area (Å²) in [6.45, 7) is 9.91. The summed E-state index contributed by atoms with van der Waals surface area (Å²) >= 11 is 0. The number of aliphatic hydroxyl groups excluding tert-OH is 1. The van der Waals surface area contributed by atoms with Gasteiger partial charge in [0, 0.05) is 63.3 Å². The van der Waals surface area contributed by atoms with Crippen molar-refractivity contribution in [3.05, 3.63) is 53.7 Å². The lowest BCUT2D eigenvalue weighted by Crippen LogP contribution is -2.62. The summed E-state index contributed by atoms with van der Waals surface area (Å²) < 4.78 is 0. The Bertz CT molecular complexity index is 1190. The number of amides is 2. The normalized spacial score (nSPS) is 27.4. The number of rotatable bonds is 8. The highest BCUT2D eigenvalue weighted by molar-refractivity contribution is 6.09. The van der Waals surface area contributed by atoms with Gasteiger partial charge in [-0.05, 0) is 29.9 Å². The Kier molecular flexibility index (Phi) is 9.99. The molecule has 236 valence electrons. The SMILES string of the molecule is C[C@H](CC1CCCCC1)C(=O)N1CC[C@](O)(CN2C=C(C(=O)N3CCNC[C@H]3CO)C(c3ccccc3)=CC2)C(C)(C)C1. The third kappa shape index (κ3) is 7.02. The number of likely N-dealkylation sites (tertiary alicyclic amines) is 1. The number of nitrogens with zero attached hydrogens (tertiary/aromatic N) is 3. The molecular weight excluding hydrogens is 540 g/mol. The number of piperazine rings is 1. The quantitative estimate of drug-likeness (QED) is 0.427. The van der Waals surface area contributed by atoms with Gasteiger partial charge in [-0.2, -0.15) is 0 Å². The van der Waals surface area contributed by atoms with Crippen molar-refractivity contribution >= 4 is 17.4 Å². The van der Waals surface area contributed by atoms with Gasteiger partial charge in [0.2, 0.25) is 5.91 Å². The lowest BCUT2D eigenvalue weighted by atomic mass is 9.69. The van der Waals surface area contributed by atoms with Crippen LogP contribution < -0.4 is 5.32 Å². The van der Waals surface area contributed by atoms with E-state index < -0.39 is 11.0 Å². The summed E-state index contributed by atoms with van der Waals surface area (Å²) in [7, 11) is 0. The van der Waals surface area contributed by atoms with Crippen LogP contribution in [0.15, 0.2) is 48.2 Å². The zero-order valence-corrected chi connectivity index (χ0v) is 26.4. The van der Waals surface area contributed by atoms with Crippen LogP contribution in [-0.2, 0) is 9.59 Å². The first-order valence-electron chi connectivity index (χ1n) is 16.5. The fourth-order valence-corrected chi connectivity index (χ4v) is 7.66. The van der Waals surface area contributed by atoms with Gasteiger partial charge in [-0.15, -0.1) is 0 Å². The number of hydrogen-bond donors (Lipinski definition) is 3. The molecule has 1 aromatic carbocycles. The highest BCUT2D eigenvalue weighted by atomic mass is 16.3. The molecule has 3 heterocycles. The van der Waals surface area contributed by atoms with Crippen LogP contribution in [0.3, 0.4) is 0 Å². The Hall–Kier alpha value is -2.68. The second-order valence-electron chi connectivity index (χ2n) is 14.1. The number of hydrogen-bond acceptors (Lipinski definition) is 6. The highest BCUT2D eigenvalue weighted by Gasteiger charge is 2.50. The monoisotopic (exact) mass is 592 g/mol. The molecule has 0 unspecified atom stereocenters. The molecule has 1 saturated carbocycles. The number of carbonyl (C=O) groups is 2. The van der Waals surface area contributed by atoms with E-state index in [1.54, 1.807) is 4.90 Å². The summed E-state index contributed by atoms with van der Waals surface area (Å²) in [5.74, 6) is 0.793. The van der Waals surface area contributed by atoms with Crippen molar-refractivity contribution in [2.45, 2.75) is 77.4 Å². The standard InChI is InChI=1S/C35H52N4O4/c1-26(20-27-10-6-4-7-11-27)32(41)38-18-15-35(43,34(2,3)24-38)25-37-17-14-30(28-12-8-5-9-13-28)31(22-37)33(42)39-19-16-36-21-29(39)23-40/h5,8-9,12-14,22,26-27,29,36,40,43H,4,6-7,10-11,15-21,23-25H2,1-3H3/t26-,29+,35+/m1/s1. The van der Waals surface area contributed by atoms with Gasteiger partial charge < -0.3 is 30.2 Å². The Morgan fingerprint density at radius 3 is 2.53 bits per heavy atom. The van der Waals surface area contributed by atoms with Gasteiger partial charge in [-0.25, -0.2) is 0 Å². The number of carbonyl (C=O) groups excluding carboxylic acids is 2. The molecule has 0 bridgehead atoms. The number of nitrogens with one attached hydrogen (secondary N) is 1. The molecule has 3 fully saturated rings. The predicted molar refractivity (Wildman–Crippen MR) is 170 cm³/mol. The van der Waals surface area contributed by atoms with Crippen molar-refractivity contribution in [2.75, 3.05) is 52.4 Å². The van der Waals surface area contributed by atoms with E-state index in [9.17, 15) is 19.8 Å². The molecule has 8 nitrogen and oxygen atoms in total. The van der Waals surface area contributed by atoms with E-state index in [0.29, 0.717) is 63.7 Å². The third-order valence-electron chi connectivity index (χ3n) is 10.5. The number of β-amino-alcohol motifs (C(OH)–C–C–N with tert-alkyl or cyclic N) is 1. The minimum Gasteiger partial charge on any atom is -0.394 e. The summed E-state index contributed by atoms with van der Waals surface area (Å²) in [6, 6.07) is 9.67. The van der Waals surface area contributed by atoms with Gasteiger partial charge in [-0.3, -0.25) is 9.59 Å². The molecule has 2 saturated heterocycles. The fourth-order valence-electron chi connectivity index (χ4n) is 7.66. The maximum Gasteiger partial charge on any atom is 0.256 e. The molecule has 43 heavy (non-hydrogen) atoms. The van der Waals surface area contributed by atoms with Crippen LogP contribution in [0.5, 0.6) is 0 Å². The molecule has 4 aliphatic rings. The molecule has 1 aromatic rings. The molecule has 0 aromatic heterocycles. The van der Waals surface area contributed by atoms with Gasteiger partial charge in [0.25, 0.3) is 5.91 Å². The van der Waals surface area contributed by atoms with E-state index in [-0.39, 0.29) is 30.4 Å². The van der Waals surface area contributed by atoms with Crippen molar-refractivity contribution in [3.8, 4) is 0 Å². The molecular formula is C35H52N4O4. The first kappa shape index (κ1) is 31.7. The lowest BCUT2D eigenvalue weighted by Gasteiger charge is -2.52. The van der Waals surface area contributed by atoms with Gasteiger partial charge in [0.15, 0.2) is 0 Å². The Morgan fingerprint density at radius 2 is 1.84 bits per heavy atom. The van der Waals surface area contributed by atoms with Crippen molar-refractivity contribution in [2.24, 2.45) is 17.3 Å². The molecule has 3 atom stereocenters. The fraction of sp³-hybridized carbons (Fsp3) is 0.657. The van der Waals surface area contributed by atoms with Crippen LogP contribution in [0.2, 0.25) is 0 Å². The second kappa shape index (κ2) is 13.5. The predicted octanol–water partition coefficient (Wildman–Crippen LogP) is 3.66. The van der Waals surface area contributed by atoms with Crippen LogP contribution in [0, 0.1) is 17.3 Å². The molecule has 0 spiro atoms. The van der Waals surface area contributed by atoms with E-state index in [1.807, 2.05) is 41.4 Å². The first-order valence-corrected chi connectivity index (χ1v) is 16.5. The van der Waals surface area contributed by atoms with Crippen molar-refractivity contribution in [3.63, 3.8) is 0 Å². The summed E-state index contributed by atoms with van der Waals surface area (Å²) in [6.07, 6.45) is 11.8. The van der Waals surface area contributed by atoms with Crippen LogP contribution in [0.1, 0.15) is 71.3 Å². The highest BCUT2D eigenvalue weighted by Crippen LogP contribution is 2.41. The van der Waals surface area contributed by atoms with E-state index in [4.69, 9.17) is 0 Å². The molecule has 0 radical (unpaired) electrons. The number of aliphatic hydroxyl groups is 2. The summed E-state index contributed by atoms with van der Waals surface area (Å²) in [5.41, 5.74) is 0.902. The Morgan fingerprint density at radius 1 is 1.09 bits per heavy atom. The van der Waals surface area contributed by atoms with E-state index >= 15 is 0 Å². The summed E-state index contributed by atoms with van der Waals surface area (Å²) in [5, 5.41) is 25.4. The first-order chi connectivity index (χ1) is 20.6. The van der Waals surface area contributed by atoms with Gasteiger partial charge >= 0.3 is 0 Å². The average Bonchev–Trinajstić information content (AvgIpc) is 3.02. The molecule has 8 heteroatoms. The van der Waals surface area contributed by atoms with Crippen LogP contribution in [0.4, 0.5) is 0 Å². The van der Waals surface area contributed by atoms with Crippen molar-refractivity contribution in [1.82, 2.24) is 20.0 Å². The third-order valence-corrected chi connectivity index (χ3v) is 10.5. The van der Waals surface area contributed by atoms with Crippen molar-refractivity contribution < 1.29 is 19.8 Å².